The molecule has 3 aromatic heterocycles. The predicted molar refractivity (Wildman–Crippen MR) is 243 cm³/mol. The van der Waals surface area contributed by atoms with Crippen LogP contribution in [0.5, 0.6) is 0 Å². The van der Waals surface area contributed by atoms with Crippen LogP contribution in [0.2, 0.25) is 0 Å². The maximum Gasteiger partial charge on any atom is 0.160 e. The molecule has 0 saturated carbocycles. The molecule has 1 aliphatic heterocycles. The number of nitrogens with zero attached hydrogens (tertiary/aromatic N) is 3. The lowest BCUT2D eigenvalue weighted by Gasteiger charge is -2.24. The zero-order valence-corrected chi connectivity index (χ0v) is 32.4. The van der Waals surface area contributed by atoms with Gasteiger partial charge in [0.05, 0.1) is 6.04 Å². The van der Waals surface area contributed by atoms with Gasteiger partial charge in [0.2, 0.25) is 0 Å². The number of aliphatic imine (C=N–C) groups is 2. The molecule has 4 heterocycles. The molecule has 2 atom stereocenters. The van der Waals surface area contributed by atoms with Crippen LogP contribution in [0.1, 0.15) is 45.8 Å². The highest BCUT2D eigenvalue weighted by molar-refractivity contribution is 7.26. The summed E-state index contributed by atoms with van der Waals surface area (Å²) in [5.41, 5.74) is 9.69. The van der Waals surface area contributed by atoms with Gasteiger partial charge in [-0.05, 0) is 77.0 Å². The van der Waals surface area contributed by atoms with Gasteiger partial charge in [0.1, 0.15) is 12.0 Å². The lowest BCUT2D eigenvalue weighted by molar-refractivity contribution is 0.632. The lowest BCUT2D eigenvalue weighted by atomic mass is 9.93. The van der Waals surface area contributed by atoms with Gasteiger partial charge in [0, 0.05) is 68.2 Å². The first-order valence-corrected chi connectivity index (χ1v) is 21.1. The third-order valence-electron chi connectivity index (χ3n) is 11.6. The van der Waals surface area contributed by atoms with Crippen molar-refractivity contribution in [3.05, 3.63) is 197 Å². The van der Waals surface area contributed by atoms with Crippen molar-refractivity contribution in [1.29, 1.82) is 0 Å². The van der Waals surface area contributed by atoms with E-state index in [-0.39, 0.29) is 12.2 Å². The Morgan fingerprint density at radius 1 is 0.561 bits per heavy atom. The number of fused-ring (bicyclic) bond motifs is 9. The SMILES string of the molecule is C1=Cc2sc3ccc(-c4ccc5sc6c(C7=NC(c8ccccc8)NC(c8ccccc8)=N7)cccc6c5c4)cc3c2C(n2c3ccccc3c3ccccc32)C1. The number of allylic oxidation sites excluding steroid dienone is 1. The number of hydrogen-bond donors (Lipinski definition) is 1. The van der Waals surface area contributed by atoms with Gasteiger partial charge >= 0.3 is 0 Å². The minimum Gasteiger partial charge on any atom is -0.344 e. The van der Waals surface area contributed by atoms with Crippen LogP contribution in [0.4, 0.5) is 0 Å². The number of benzene rings is 7. The van der Waals surface area contributed by atoms with Crippen molar-refractivity contribution < 1.29 is 0 Å². The molecular formula is C51H34N4S2. The number of para-hydroxylation sites is 2. The van der Waals surface area contributed by atoms with Crippen LogP contribution in [0.15, 0.2) is 180 Å². The van der Waals surface area contributed by atoms with Gasteiger partial charge in [-0.2, -0.15) is 0 Å². The van der Waals surface area contributed by atoms with Crippen LogP contribution in [-0.2, 0) is 0 Å². The third-order valence-corrected chi connectivity index (χ3v) is 14.0. The molecule has 0 saturated heterocycles. The van der Waals surface area contributed by atoms with E-state index in [0.29, 0.717) is 0 Å². The number of aromatic nitrogens is 1. The van der Waals surface area contributed by atoms with E-state index in [4.69, 9.17) is 9.98 Å². The first-order chi connectivity index (χ1) is 28.2. The molecule has 7 aromatic carbocycles. The second kappa shape index (κ2) is 13.0. The number of rotatable bonds is 5. The van der Waals surface area contributed by atoms with Crippen molar-refractivity contribution >= 4 is 92.5 Å². The quantitative estimate of drug-likeness (QED) is 0.186. The number of thiophene rings is 2. The Morgan fingerprint density at radius 2 is 1.21 bits per heavy atom. The summed E-state index contributed by atoms with van der Waals surface area (Å²) in [6, 6.07) is 59.4. The third kappa shape index (κ3) is 5.25. The Balaban J connectivity index is 0.977. The summed E-state index contributed by atoms with van der Waals surface area (Å²) in [6.07, 6.45) is 5.42. The normalized spacial score (nSPS) is 16.6. The Bertz CT molecular complexity index is 3260. The van der Waals surface area contributed by atoms with Crippen LogP contribution in [0.3, 0.4) is 0 Å². The average Bonchev–Trinajstić information content (AvgIpc) is 3.96. The highest BCUT2D eigenvalue weighted by atomic mass is 32.1. The van der Waals surface area contributed by atoms with Crippen molar-refractivity contribution in [3.8, 4) is 11.1 Å². The van der Waals surface area contributed by atoms with Crippen molar-refractivity contribution in [3.63, 3.8) is 0 Å². The Kier molecular flexibility index (Phi) is 7.43. The second-order valence-corrected chi connectivity index (χ2v) is 17.0. The average molecular weight is 767 g/mol. The van der Waals surface area contributed by atoms with E-state index in [1.165, 1.54) is 73.6 Å². The summed E-state index contributed by atoms with van der Waals surface area (Å²) in [5.74, 6) is 1.58. The van der Waals surface area contributed by atoms with Crippen molar-refractivity contribution in [2.45, 2.75) is 18.6 Å². The summed E-state index contributed by atoms with van der Waals surface area (Å²) in [4.78, 5) is 11.7. The fraction of sp³-hybridized carbons (Fsp3) is 0.0588. The minimum atomic E-state index is -0.243. The molecule has 1 N–H and O–H groups in total. The summed E-state index contributed by atoms with van der Waals surface area (Å²) in [7, 11) is 0. The molecule has 0 radical (unpaired) electrons. The van der Waals surface area contributed by atoms with Crippen molar-refractivity contribution in [2.75, 3.05) is 0 Å². The van der Waals surface area contributed by atoms with Gasteiger partial charge in [0.15, 0.2) is 5.84 Å². The summed E-state index contributed by atoms with van der Waals surface area (Å²) in [5, 5.41) is 10.1. The zero-order chi connectivity index (χ0) is 37.5. The maximum atomic E-state index is 5.22. The van der Waals surface area contributed by atoms with E-state index in [9.17, 15) is 0 Å². The fourth-order valence-electron chi connectivity index (χ4n) is 9.00. The topological polar surface area (TPSA) is 41.7 Å². The van der Waals surface area contributed by atoms with Crippen LogP contribution >= 0.6 is 22.7 Å². The van der Waals surface area contributed by atoms with Crippen molar-refractivity contribution in [1.82, 2.24) is 9.88 Å². The van der Waals surface area contributed by atoms with E-state index in [1.54, 1.807) is 0 Å². The molecule has 57 heavy (non-hydrogen) atoms. The van der Waals surface area contributed by atoms with E-state index in [0.717, 1.165) is 34.8 Å². The molecule has 0 spiro atoms. The molecule has 1 aliphatic carbocycles. The van der Waals surface area contributed by atoms with Gasteiger partial charge in [-0.15, -0.1) is 22.7 Å². The van der Waals surface area contributed by atoms with E-state index >= 15 is 0 Å². The molecule has 6 heteroatoms. The minimum absolute atomic E-state index is 0.213. The number of nitrogens with one attached hydrogen (secondary N) is 1. The first-order valence-electron chi connectivity index (χ1n) is 19.5. The molecule has 0 fully saturated rings. The lowest BCUT2D eigenvalue weighted by Crippen LogP contribution is -2.33. The highest BCUT2D eigenvalue weighted by Gasteiger charge is 2.27. The predicted octanol–water partition coefficient (Wildman–Crippen LogP) is 13.5. The van der Waals surface area contributed by atoms with Gasteiger partial charge in [-0.3, -0.25) is 0 Å². The summed E-state index contributed by atoms with van der Waals surface area (Å²) in [6.45, 7) is 0. The summed E-state index contributed by atoms with van der Waals surface area (Å²) < 4.78 is 6.39. The van der Waals surface area contributed by atoms with Crippen LogP contribution in [0.25, 0.3) is 69.3 Å². The second-order valence-electron chi connectivity index (χ2n) is 14.9. The molecule has 0 bridgehead atoms. The molecule has 270 valence electrons. The standard InChI is InChI=1S/C51H34N4S2/c1-3-13-31(14-4-1)49-52-50(32-15-5-2-6-16-32)54-51(53-49)38-20-11-19-37-39-29-33(25-27-44(39)57-48(37)38)34-26-28-45-40(30-34)47-43(23-12-24-46(47)56-45)55-41-21-9-7-17-35(41)36-18-8-10-22-42(36)55/h1-22,24-30,43,49H,23H2,(H,52,53,54). The largest absolute Gasteiger partial charge is 0.344 e. The highest BCUT2D eigenvalue weighted by Crippen LogP contribution is 2.47. The molecule has 10 aromatic rings. The Hall–Kier alpha value is -6.60. The monoisotopic (exact) mass is 766 g/mol. The Morgan fingerprint density at radius 3 is 1.96 bits per heavy atom. The van der Waals surface area contributed by atoms with Crippen LogP contribution in [0, 0.1) is 0 Å². The van der Waals surface area contributed by atoms with E-state index < -0.39 is 0 Å². The fourth-order valence-corrected chi connectivity index (χ4v) is 11.4. The van der Waals surface area contributed by atoms with E-state index in [1.807, 2.05) is 34.8 Å². The number of amidine groups is 2. The van der Waals surface area contributed by atoms with Gasteiger partial charge < -0.3 is 9.88 Å². The smallest absolute Gasteiger partial charge is 0.160 e. The molecule has 4 nitrogen and oxygen atoms in total. The van der Waals surface area contributed by atoms with Gasteiger partial charge in [0.25, 0.3) is 0 Å². The molecule has 2 unspecified atom stereocenters. The number of hydrogen-bond acceptors (Lipinski definition) is 5. The van der Waals surface area contributed by atoms with Crippen molar-refractivity contribution in [2.24, 2.45) is 9.98 Å². The van der Waals surface area contributed by atoms with Crippen LogP contribution < -0.4 is 5.32 Å². The Labute approximate surface area is 337 Å². The van der Waals surface area contributed by atoms with E-state index in [2.05, 4.69) is 174 Å². The van der Waals surface area contributed by atoms with Crippen LogP contribution in [-0.4, -0.2) is 16.2 Å². The first kappa shape index (κ1) is 32.6. The molecular weight excluding hydrogens is 733 g/mol. The maximum absolute atomic E-state index is 5.22. The summed E-state index contributed by atoms with van der Waals surface area (Å²) >= 11 is 3.73. The molecule has 12 rings (SSSR count). The molecule has 0 amide bonds. The molecule has 2 aliphatic rings. The zero-order valence-electron chi connectivity index (χ0n) is 30.8. The van der Waals surface area contributed by atoms with Gasteiger partial charge in [-0.25, -0.2) is 9.98 Å². The van der Waals surface area contributed by atoms with Gasteiger partial charge in [-0.1, -0.05) is 127 Å².